The lowest BCUT2D eigenvalue weighted by Crippen LogP contribution is -2.18. The van der Waals surface area contributed by atoms with Crippen LogP contribution in [0.3, 0.4) is 0 Å². The topological polar surface area (TPSA) is 34.1 Å². The first-order valence-corrected chi connectivity index (χ1v) is 7.25. The predicted octanol–water partition coefficient (Wildman–Crippen LogP) is 4.12. The molecule has 21 heavy (non-hydrogen) atoms. The van der Waals surface area contributed by atoms with E-state index in [0.717, 1.165) is 11.1 Å². The summed E-state index contributed by atoms with van der Waals surface area (Å²) in [5.74, 6) is -0.515. The van der Waals surface area contributed by atoms with Gasteiger partial charge in [-0.15, -0.1) is 0 Å². The second-order valence-electron chi connectivity index (χ2n) is 5.37. The van der Waals surface area contributed by atoms with E-state index in [1.54, 1.807) is 0 Å². The van der Waals surface area contributed by atoms with Gasteiger partial charge in [-0.3, -0.25) is 9.59 Å². The van der Waals surface area contributed by atoms with Crippen molar-refractivity contribution < 1.29 is 9.59 Å². The Kier molecular flexibility index (Phi) is 5.04. The van der Waals surface area contributed by atoms with Crippen molar-refractivity contribution in [2.75, 3.05) is 0 Å². The summed E-state index contributed by atoms with van der Waals surface area (Å²) >= 11 is 0. The number of benzene rings is 2. The SMILES string of the molecule is CC(C(=O)CC(=O)C(C)c1ccccc1)c1ccccc1. The largest absolute Gasteiger partial charge is 0.299 e. The molecule has 0 heterocycles. The molecule has 0 fully saturated rings. The van der Waals surface area contributed by atoms with Crippen LogP contribution in [0.5, 0.6) is 0 Å². The standard InChI is InChI=1S/C19H20O2/c1-14(16-9-5-3-6-10-16)18(20)13-19(21)15(2)17-11-7-4-8-12-17/h3-12,14-15H,13H2,1-2H3. The highest BCUT2D eigenvalue weighted by Gasteiger charge is 2.22. The summed E-state index contributed by atoms with van der Waals surface area (Å²) in [5, 5.41) is 0. The third kappa shape index (κ3) is 3.88. The summed E-state index contributed by atoms with van der Waals surface area (Å²) in [6.45, 7) is 3.72. The molecule has 2 aromatic rings. The summed E-state index contributed by atoms with van der Waals surface area (Å²) in [7, 11) is 0. The van der Waals surface area contributed by atoms with Gasteiger partial charge in [0.15, 0.2) is 0 Å². The molecule has 0 amide bonds. The van der Waals surface area contributed by atoms with Gasteiger partial charge in [0, 0.05) is 11.8 Å². The molecular weight excluding hydrogens is 260 g/mol. The van der Waals surface area contributed by atoms with Crippen molar-refractivity contribution in [3.63, 3.8) is 0 Å². The molecule has 108 valence electrons. The Labute approximate surface area is 125 Å². The molecule has 0 aromatic heterocycles. The lowest BCUT2D eigenvalue weighted by molar-refractivity contribution is -0.128. The summed E-state index contributed by atoms with van der Waals surface area (Å²) in [6.07, 6.45) is -0.00782. The molecule has 2 aromatic carbocycles. The van der Waals surface area contributed by atoms with Crippen LogP contribution in [0.25, 0.3) is 0 Å². The summed E-state index contributed by atoms with van der Waals surface area (Å²) in [6, 6.07) is 19.2. The first kappa shape index (κ1) is 15.2. The van der Waals surface area contributed by atoms with Gasteiger partial charge < -0.3 is 0 Å². The minimum absolute atomic E-state index is 0.00782. The van der Waals surface area contributed by atoms with Crippen LogP contribution < -0.4 is 0 Å². The zero-order chi connectivity index (χ0) is 15.2. The van der Waals surface area contributed by atoms with Crippen LogP contribution in [0.15, 0.2) is 60.7 Å². The monoisotopic (exact) mass is 280 g/mol. The highest BCUT2D eigenvalue weighted by molar-refractivity contribution is 6.04. The van der Waals surface area contributed by atoms with Crippen LogP contribution in [0.1, 0.15) is 43.2 Å². The molecule has 0 radical (unpaired) electrons. The van der Waals surface area contributed by atoms with Gasteiger partial charge in [0.2, 0.25) is 0 Å². The van der Waals surface area contributed by atoms with E-state index in [2.05, 4.69) is 0 Å². The molecule has 2 unspecified atom stereocenters. The van der Waals surface area contributed by atoms with E-state index in [0.29, 0.717) is 0 Å². The zero-order valence-corrected chi connectivity index (χ0v) is 12.5. The molecule has 2 heteroatoms. The quantitative estimate of drug-likeness (QED) is 0.746. The fraction of sp³-hybridized carbons (Fsp3) is 0.263. The highest BCUT2D eigenvalue weighted by Crippen LogP contribution is 2.21. The third-order valence-corrected chi connectivity index (χ3v) is 3.91. The average molecular weight is 280 g/mol. The van der Waals surface area contributed by atoms with E-state index in [1.807, 2.05) is 74.5 Å². The van der Waals surface area contributed by atoms with Crippen LogP contribution in [0, 0.1) is 0 Å². The molecule has 2 atom stereocenters. The maximum atomic E-state index is 12.3. The Balaban J connectivity index is 2.01. The minimum Gasteiger partial charge on any atom is -0.299 e. The van der Waals surface area contributed by atoms with Crippen LogP contribution in [-0.2, 0) is 9.59 Å². The van der Waals surface area contributed by atoms with E-state index in [9.17, 15) is 9.59 Å². The minimum atomic E-state index is -0.238. The van der Waals surface area contributed by atoms with Crippen LogP contribution in [0.2, 0.25) is 0 Å². The summed E-state index contributed by atoms with van der Waals surface area (Å²) < 4.78 is 0. The van der Waals surface area contributed by atoms with E-state index >= 15 is 0 Å². The molecule has 0 aliphatic carbocycles. The Morgan fingerprint density at radius 3 is 1.38 bits per heavy atom. The maximum Gasteiger partial charge on any atom is 0.147 e. The Morgan fingerprint density at radius 1 is 0.714 bits per heavy atom. The molecule has 2 rings (SSSR count). The van der Waals surface area contributed by atoms with E-state index < -0.39 is 0 Å². The second-order valence-corrected chi connectivity index (χ2v) is 5.37. The van der Waals surface area contributed by atoms with Crippen molar-refractivity contribution in [2.45, 2.75) is 32.1 Å². The van der Waals surface area contributed by atoms with Gasteiger partial charge in [0.1, 0.15) is 11.6 Å². The lowest BCUT2D eigenvalue weighted by Gasteiger charge is -2.13. The van der Waals surface area contributed by atoms with Crippen LogP contribution in [0.4, 0.5) is 0 Å². The highest BCUT2D eigenvalue weighted by atomic mass is 16.1. The van der Waals surface area contributed by atoms with Gasteiger partial charge in [-0.1, -0.05) is 74.5 Å². The summed E-state index contributed by atoms with van der Waals surface area (Å²) in [4.78, 5) is 24.5. The molecule has 0 bridgehead atoms. The van der Waals surface area contributed by atoms with Crippen molar-refractivity contribution in [1.29, 1.82) is 0 Å². The van der Waals surface area contributed by atoms with Gasteiger partial charge >= 0.3 is 0 Å². The van der Waals surface area contributed by atoms with Gasteiger partial charge in [-0.25, -0.2) is 0 Å². The van der Waals surface area contributed by atoms with E-state index in [-0.39, 0.29) is 29.8 Å². The fourth-order valence-corrected chi connectivity index (χ4v) is 2.33. The third-order valence-electron chi connectivity index (χ3n) is 3.91. The molecule has 0 spiro atoms. The number of carbonyl (C=O) groups excluding carboxylic acids is 2. The fourth-order valence-electron chi connectivity index (χ4n) is 2.33. The Hall–Kier alpha value is -2.22. The van der Waals surface area contributed by atoms with Crippen molar-refractivity contribution in [3.8, 4) is 0 Å². The molecular formula is C19H20O2. The molecule has 0 aliphatic rings. The molecule has 0 N–H and O–H groups in total. The van der Waals surface area contributed by atoms with Crippen molar-refractivity contribution in [2.24, 2.45) is 0 Å². The normalized spacial score (nSPS) is 13.4. The number of ketones is 2. The number of rotatable bonds is 6. The van der Waals surface area contributed by atoms with E-state index in [4.69, 9.17) is 0 Å². The average Bonchev–Trinajstić information content (AvgIpc) is 2.55. The molecule has 0 saturated heterocycles. The Morgan fingerprint density at radius 2 is 1.05 bits per heavy atom. The number of carbonyl (C=O) groups is 2. The van der Waals surface area contributed by atoms with E-state index in [1.165, 1.54) is 0 Å². The first-order valence-electron chi connectivity index (χ1n) is 7.25. The summed E-state index contributed by atoms with van der Waals surface area (Å²) in [5.41, 5.74) is 1.92. The van der Waals surface area contributed by atoms with Gasteiger partial charge in [0.05, 0.1) is 6.42 Å². The Bertz CT molecular complexity index is 546. The van der Waals surface area contributed by atoms with Crippen LogP contribution >= 0.6 is 0 Å². The van der Waals surface area contributed by atoms with Crippen molar-refractivity contribution in [1.82, 2.24) is 0 Å². The molecule has 0 saturated carbocycles. The van der Waals surface area contributed by atoms with Gasteiger partial charge in [-0.05, 0) is 11.1 Å². The molecule has 0 aliphatic heterocycles. The van der Waals surface area contributed by atoms with Crippen LogP contribution in [-0.4, -0.2) is 11.6 Å². The predicted molar refractivity (Wildman–Crippen MR) is 84.3 cm³/mol. The van der Waals surface area contributed by atoms with Crippen molar-refractivity contribution >= 4 is 11.6 Å². The second kappa shape index (κ2) is 6.98. The number of hydrogen-bond acceptors (Lipinski definition) is 2. The first-order chi connectivity index (χ1) is 10.1. The number of hydrogen-bond donors (Lipinski definition) is 0. The van der Waals surface area contributed by atoms with Crippen molar-refractivity contribution in [3.05, 3.63) is 71.8 Å². The zero-order valence-electron chi connectivity index (χ0n) is 12.5. The van der Waals surface area contributed by atoms with Gasteiger partial charge in [-0.2, -0.15) is 0 Å². The lowest BCUT2D eigenvalue weighted by atomic mass is 9.89. The molecule has 2 nitrogen and oxygen atoms in total. The number of Topliss-reactive ketones (excluding diaryl/α,β-unsaturated/α-hetero) is 2. The smallest absolute Gasteiger partial charge is 0.147 e. The van der Waals surface area contributed by atoms with Gasteiger partial charge in [0.25, 0.3) is 0 Å². The maximum absolute atomic E-state index is 12.3.